The smallest absolute Gasteiger partial charge is 0.166 e. The van der Waals surface area contributed by atoms with Crippen molar-refractivity contribution >= 4 is 5.78 Å². The Morgan fingerprint density at radius 1 is 1.33 bits per heavy atom. The molecule has 1 aromatic rings. The summed E-state index contributed by atoms with van der Waals surface area (Å²) in [5.41, 5.74) is 1.66. The highest BCUT2D eigenvalue weighted by molar-refractivity contribution is 6.00. The number of rotatable bonds is 8. The Hall–Kier alpha value is -1.83. The highest BCUT2D eigenvalue weighted by Gasteiger charge is 2.14. The number of ketones is 1. The first-order valence-corrected chi connectivity index (χ1v) is 6.18. The lowest BCUT2D eigenvalue weighted by Crippen LogP contribution is -2.06. The van der Waals surface area contributed by atoms with Gasteiger partial charge in [0.15, 0.2) is 5.78 Å². The van der Waals surface area contributed by atoms with E-state index in [0.717, 1.165) is 18.4 Å². The van der Waals surface area contributed by atoms with Crippen LogP contribution < -0.4 is 4.74 Å². The minimum Gasteiger partial charge on any atom is -0.489 e. The summed E-state index contributed by atoms with van der Waals surface area (Å²) >= 11 is 0. The van der Waals surface area contributed by atoms with Crippen molar-refractivity contribution in [1.82, 2.24) is 0 Å². The fourth-order valence-electron chi connectivity index (χ4n) is 1.80. The number of Topliss-reactive ketones (excluding diaryl/α,β-unsaturated/α-hetero) is 1. The number of unbranched alkanes of at least 4 members (excludes halogenated alkanes) is 1. The van der Waals surface area contributed by atoms with E-state index >= 15 is 0 Å². The fraction of sp³-hybridized carbons (Fsp3) is 0.312. The molecule has 2 nitrogen and oxygen atoms in total. The molecule has 0 saturated heterocycles. The van der Waals surface area contributed by atoms with Crippen molar-refractivity contribution in [1.29, 1.82) is 0 Å². The Bertz CT molecular complexity index is 433. The highest BCUT2D eigenvalue weighted by Crippen LogP contribution is 2.24. The van der Waals surface area contributed by atoms with Crippen LogP contribution in [0.15, 0.2) is 43.5 Å². The van der Waals surface area contributed by atoms with Crippen LogP contribution in [0.25, 0.3) is 0 Å². The van der Waals surface area contributed by atoms with E-state index in [1.165, 1.54) is 0 Å². The first kappa shape index (κ1) is 14.2. The molecule has 0 aliphatic heterocycles. The molecule has 0 aromatic heterocycles. The Morgan fingerprint density at radius 2 is 2.11 bits per heavy atom. The largest absolute Gasteiger partial charge is 0.489 e. The third-order valence-corrected chi connectivity index (χ3v) is 2.68. The molecule has 0 amide bonds. The average molecular weight is 244 g/mol. The van der Waals surface area contributed by atoms with Gasteiger partial charge in [-0.15, -0.1) is 6.58 Å². The van der Waals surface area contributed by atoms with Crippen LogP contribution in [0.4, 0.5) is 0 Å². The topological polar surface area (TPSA) is 26.3 Å². The first-order chi connectivity index (χ1) is 8.70. The third kappa shape index (κ3) is 3.88. The van der Waals surface area contributed by atoms with Crippen LogP contribution in [0.2, 0.25) is 0 Å². The number of hydrogen-bond donors (Lipinski definition) is 0. The SMILES string of the molecule is C=CCCCC(=O)c1c(C)cccc1OCC=C. The van der Waals surface area contributed by atoms with Crippen LogP contribution in [0.5, 0.6) is 5.75 Å². The van der Waals surface area contributed by atoms with Gasteiger partial charge in [-0.25, -0.2) is 0 Å². The highest BCUT2D eigenvalue weighted by atomic mass is 16.5. The number of benzene rings is 1. The van der Waals surface area contributed by atoms with Crippen molar-refractivity contribution in [2.24, 2.45) is 0 Å². The number of aryl methyl sites for hydroxylation is 1. The van der Waals surface area contributed by atoms with Gasteiger partial charge in [0, 0.05) is 6.42 Å². The number of carbonyl (C=O) groups excluding carboxylic acids is 1. The van der Waals surface area contributed by atoms with Gasteiger partial charge >= 0.3 is 0 Å². The standard InChI is InChI=1S/C16H20O2/c1-4-6-7-10-14(17)16-13(3)9-8-11-15(16)18-12-5-2/h4-5,8-9,11H,1-2,6-7,10,12H2,3H3. The third-order valence-electron chi connectivity index (χ3n) is 2.68. The summed E-state index contributed by atoms with van der Waals surface area (Å²) in [6.07, 6.45) is 5.73. The molecule has 0 unspecified atom stereocenters. The molecule has 0 heterocycles. The van der Waals surface area contributed by atoms with Crippen molar-refractivity contribution in [3.63, 3.8) is 0 Å². The van der Waals surface area contributed by atoms with Gasteiger partial charge in [-0.3, -0.25) is 4.79 Å². The average Bonchev–Trinajstić information content (AvgIpc) is 2.36. The van der Waals surface area contributed by atoms with E-state index in [-0.39, 0.29) is 5.78 Å². The van der Waals surface area contributed by atoms with Crippen molar-refractivity contribution in [2.75, 3.05) is 6.61 Å². The molecular formula is C16H20O2. The van der Waals surface area contributed by atoms with Gasteiger partial charge in [0.25, 0.3) is 0 Å². The summed E-state index contributed by atoms with van der Waals surface area (Å²) in [5.74, 6) is 0.785. The maximum atomic E-state index is 12.2. The zero-order valence-electron chi connectivity index (χ0n) is 10.9. The molecule has 18 heavy (non-hydrogen) atoms. The number of hydrogen-bond acceptors (Lipinski definition) is 2. The van der Waals surface area contributed by atoms with Crippen LogP contribution in [0.3, 0.4) is 0 Å². The Balaban J connectivity index is 2.86. The number of carbonyl (C=O) groups is 1. The van der Waals surface area contributed by atoms with E-state index in [1.807, 2.05) is 31.2 Å². The zero-order chi connectivity index (χ0) is 13.4. The molecule has 0 fully saturated rings. The van der Waals surface area contributed by atoms with Crippen LogP contribution in [-0.2, 0) is 0 Å². The fourth-order valence-corrected chi connectivity index (χ4v) is 1.80. The summed E-state index contributed by atoms with van der Waals surface area (Å²) < 4.78 is 5.54. The van der Waals surface area contributed by atoms with E-state index < -0.39 is 0 Å². The van der Waals surface area contributed by atoms with Gasteiger partial charge in [-0.05, 0) is 31.4 Å². The molecule has 0 aliphatic carbocycles. The normalized spacial score (nSPS) is 9.83. The van der Waals surface area contributed by atoms with Crippen molar-refractivity contribution in [3.05, 3.63) is 54.6 Å². The second-order valence-electron chi connectivity index (χ2n) is 4.15. The predicted molar refractivity (Wildman–Crippen MR) is 75.2 cm³/mol. The number of ether oxygens (including phenoxy) is 1. The molecule has 1 rings (SSSR count). The minimum atomic E-state index is 0.133. The maximum absolute atomic E-state index is 12.2. The first-order valence-electron chi connectivity index (χ1n) is 6.18. The van der Waals surface area contributed by atoms with Crippen LogP contribution in [-0.4, -0.2) is 12.4 Å². The number of allylic oxidation sites excluding steroid dienone is 1. The van der Waals surface area contributed by atoms with Crippen molar-refractivity contribution in [2.45, 2.75) is 26.2 Å². The molecule has 0 spiro atoms. The van der Waals surface area contributed by atoms with E-state index in [2.05, 4.69) is 13.2 Å². The zero-order valence-corrected chi connectivity index (χ0v) is 10.9. The summed E-state index contributed by atoms with van der Waals surface area (Å²) in [6, 6.07) is 5.66. The molecule has 0 atom stereocenters. The Morgan fingerprint density at radius 3 is 2.78 bits per heavy atom. The summed E-state index contributed by atoms with van der Waals surface area (Å²) in [6.45, 7) is 9.62. The van der Waals surface area contributed by atoms with Gasteiger partial charge in [-0.1, -0.05) is 30.9 Å². The van der Waals surface area contributed by atoms with Crippen molar-refractivity contribution < 1.29 is 9.53 Å². The van der Waals surface area contributed by atoms with Gasteiger partial charge in [0.1, 0.15) is 12.4 Å². The molecule has 1 aromatic carbocycles. The molecule has 0 N–H and O–H groups in total. The van der Waals surface area contributed by atoms with E-state index in [9.17, 15) is 4.79 Å². The Labute approximate surface area is 109 Å². The lowest BCUT2D eigenvalue weighted by molar-refractivity contribution is 0.0976. The van der Waals surface area contributed by atoms with Crippen LogP contribution in [0.1, 0.15) is 35.2 Å². The van der Waals surface area contributed by atoms with Crippen LogP contribution >= 0.6 is 0 Å². The second-order valence-corrected chi connectivity index (χ2v) is 4.15. The van der Waals surface area contributed by atoms with Gasteiger partial charge in [0.05, 0.1) is 5.56 Å². The maximum Gasteiger partial charge on any atom is 0.166 e. The molecule has 96 valence electrons. The lowest BCUT2D eigenvalue weighted by Gasteiger charge is -2.11. The van der Waals surface area contributed by atoms with Gasteiger partial charge < -0.3 is 4.74 Å². The monoisotopic (exact) mass is 244 g/mol. The summed E-state index contributed by atoms with van der Waals surface area (Å²) in [7, 11) is 0. The van der Waals surface area contributed by atoms with Gasteiger partial charge in [0.2, 0.25) is 0 Å². The molecular weight excluding hydrogens is 224 g/mol. The van der Waals surface area contributed by atoms with E-state index in [4.69, 9.17) is 4.74 Å². The molecule has 0 bridgehead atoms. The summed E-state index contributed by atoms with van der Waals surface area (Å²) in [5, 5.41) is 0. The van der Waals surface area contributed by atoms with Gasteiger partial charge in [-0.2, -0.15) is 0 Å². The molecule has 0 saturated carbocycles. The van der Waals surface area contributed by atoms with E-state index in [0.29, 0.717) is 24.3 Å². The van der Waals surface area contributed by atoms with Crippen LogP contribution in [0, 0.1) is 6.92 Å². The minimum absolute atomic E-state index is 0.133. The van der Waals surface area contributed by atoms with Crippen molar-refractivity contribution in [3.8, 4) is 5.75 Å². The molecule has 0 aliphatic rings. The second kappa shape index (κ2) is 7.49. The quantitative estimate of drug-likeness (QED) is 0.391. The summed E-state index contributed by atoms with van der Waals surface area (Å²) in [4.78, 5) is 12.2. The predicted octanol–water partition coefficient (Wildman–Crippen LogP) is 4.10. The molecule has 0 radical (unpaired) electrons. The van der Waals surface area contributed by atoms with E-state index in [1.54, 1.807) is 6.08 Å². The lowest BCUT2D eigenvalue weighted by atomic mass is 9.99. The molecule has 2 heteroatoms. The Kier molecular flexibility index (Phi) is 5.92.